The molecule has 140 valence electrons. The lowest BCUT2D eigenvalue weighted by Gasteiger charge is -2.32. The first-order valence-electron chi connectivity index (χ1n) is 8.02. The number of nitrogens with one attached hydrogen (secondary N) is 1. The molecule has 1 saturated heterocycles. The lowest BCUT2D eigenvalue weighted by atomic mass is 10.0. The highest BCUT2D eigenvalue weighted by Crippen LogP contribution is 2.38. The monoisotopic (exact) mass is 371 g/mol. The lowest BCUT2D eigenvalue weighted by Crippen LogP contribution is -2.43. The number of morpholine rings is 1. The van der Waals surface area contributed by atoms with Crippen molar-refractivity contribution in [1.82, 2.24) is 5.32 Å². The number of rotatable bonds is 5. The van der Waals surface area contributed by atoms with Crippen molar-refractivity contribution >= 4 is 0 Å². The Morgan fingerprint density at radius 2 is 1.85 bits per heavy atom. The van der Waals surface area contributed by atoms with Crippen molar-refractivity contribution in [3.05, 3.63) is 59.9 Å². The second-order valence-electron chi connectivity index (χ2n) is 5.68. The van der Waals surface area contributed by atoms with E-state index in [1.165, 1.54) is 0 Å². The minimum Gasteiger partial charge on any atom is -0.476 e. The summed E-state index contributed by atoms with van der Waals surface area (Å²) >= 11 is 0. The van der Waals surface area contributed by atoms with Gasteiger partial charge in [-0.1, -0.05) is 36.4 Å². The Morgan fingerprint density at radius 3 is 2.50 bits per heavy atom. The zero-order chi connectivity index (χ0) is 18.6. The molecule has 0 aliphatic carbocycles. The van der Waals surface area contributed by atoms with E-state index in [1.54, 1.807) is 30.3 Å². The molecule has 0 unspecified atom stereocenters. The van der Waals surface area contributed by atoms with Gasteiger partial charge in [-0.2, -0.15) is 0 Å². The maximum atomic E-state index is 14.2. The molecule has 0 aromatic heterocycles. The summed E-state index contributed by atoms with van der Waals surface area (Å²) in [4.78, 5) is 0. The van der Waals surface area contributed by atoms with Gasteiger partial charge in [0.15, 0.2) is 23.4 Å². The van der Waals surface area contributed by atoms with E-state index in [9.17, 15) is 17.6 Å². The van der Waals surface area contributed by atoms with Crippen molar-refractivity contribution < 1.29 is 31.8 Å². The van der Waals surface area contributed by atoms with E-state index in [2.05, 4.69) is 10.1 Å². The van der Waals surface area contributed by atoms with E-state index < -0.39 is 35.9 Å². The fourth-order valence-electron chi connectivity index (χ4n) is 2.72. The van der Waals surface area contributed by atoms with Crippen LogP contribution in [0.15, 0.2) is 48.5 Å². The number of hydrogen-bond acceptors (Lipinski definition) is 4. The summed E-state index contributed by atoms with van der Waals surface area (Å²) in [5.41, 5.74) is 0.655. The molecule has 4 nitrogen and oxygen atoms in total. The molecule has 2 atom stereocenters. The number of ether oxygens (including phenoxy) is 3. The summed E-state index contributed by atoms with van der Waals surface area (Å²) in [6, 6.07) is 11.9. The van der Waals surface area contributed by atoms with E-state index in [0.29, 0.717) is 25.3 Å². The van der Waals surface area contributed by atoms with Gasteiger partial charge in [0.25, 0.3) is 0 Å². The van der Waals surface area contributed by atoms with Crippen LogP contribution in [0.25, 0.3) is 0 Å². The van der Waals surface area contributed by atoms with E-state index in [-0.39, 0.29) is 0 Å². The first kappa shape index (κ1) is 18.5. The van der Waals surface area contributed by atoms with Crippen LogP contribution in [0.3, 0.4) is 0 Å². The third-order valence-electron chi connectivity index (χ3n) is 3.82. The van der Waals surface area contributed by atoms with Crippen LogP contribution in [-0.2, 0) is 4.74 Å². The highest BCUT2D eigenvalue weighted by Gasteiger charge is 2.35. The van der Waals surface area contributed by atoms with Crippen LogP contribution in [0.1, 0.15) is 11.7 Å². The van der Waals surface area contributed by atoms with Gasteiger partial charge in [0.1, 0.15) is 6.10 Å². The van der Waals surface area contributed by atoms with Gasteiger partial charge in [-0.25, -0.2) is 4.39 Å². The Kier molecular flexibility index (Phi) is 5.63. The Labute approximate surface area is 147 Å². The van der Waals surface area contributed by atoms with Crippen LogP contribution >= 0.6 is 0 Å². The highest BCUT2D eigenvalue weighted by molar-refractivity contribution is 5.42. The summed E-state index contributed by atoms with van der Waals surface area (Å²) in [7, 11) is 0. The normalized spacial score (nSPS) is 19.0. The van der Waals surface area contributed by atoms with E-state index in [0.717, 1.165) is 18.2 Å². The average molecular weight is 371 g/mol. The third-order valence-corrected chi connectivity index (χ3v) is 3.82. The fraction of sp³-hybridized carbons (Fsp3) is 0.333. The molecular weight excluding hydrogens is 354 g/mol. The molecule has 1 heterocycles. The van der Waals surface area contributed by atoms with Gasteiger partial charge >= 0.3 is 6.36 Å². The third kappa shape index (κ3) is 4.64. The standard InChI is InChI=1S/C18H17F4NO3/c19-13-7-4-8-14(26-18(20,21)22)17(13)25-16(12-5-2-1-3-6-12)15-11-23-9-10-24-15/h1-8,15-16,23H,9-11H2/t15-,16-/m0/s1. The molecule has 1 fully saturated rings. The van der Waals surface area contributed by atoms with E-state index in [1.807, 2.05) is 0 Å². The number of benzene rings is 2. The molecule has 26 heavy (non-hydrogen) atoms. The Bertz CT molecular complexity index is 718. The predicted molar refractivity (Wildman–Crippen MR) is 85.5 cm³/mol. The molecule has 0 amide bonds. The second-order valence-corrected chi connectivity index (χ2v) is 5.68. The minimum atomic E-state index is -4.96. The Balaban J connectivity index is 1.94. The van der Waals surface area contributed by atoms with Crippen molar-refractivity contribution in [2.75, 3.05) is 19.7 Å². The van der Waals surface area contributed by atoms with Gasteiger partial charge in [-0.05, 0) is 17.7 Å². The van der Waals surface area contributed by atoms with E-state index >= 15 is 0 Å². The molecule has 0 spiro atoms. The topological polar surface area (TPSA) is 39.7 Å². The maximum absolute atomic E-state index is 14.2. The maximum Gasteiger partial charge on any atom is 0.573 e. The van der Waals surface area contributed by atoms with Crippen LogP contribution in [0, 0.1) is 5.82 Å². The second kappa shape index (κ2) is 7.92. The number of halogens is 4. The molecule has 8 heteroatoms. The number of alkyl halides is 3. The molecule has 0 radical (unpaired) electrons. The summed E-state index contributed by atoms with van der Waals surface area (Å²) < 4.78 is 67.4. The van der Waals surface area contributed by atoms with Crippen molar-refractivity contribution in [3.8, 4) is 11.5 Å². The van der Waals surface area contributed by atoms with Crippen molar-refractivity contribution in [1.29, 1.82) is 0 Å². The van der Waals surface area contributed by atoms with Crippen molar-refractivity contribution in [3.63, 3.8) is 0 Å². The SMILES string of the molecule is Fc1cccc(OC(F)(F)F)c1O[C@@H](c1ccccc1)[C@@H]1CNCCO1. The summed E-state index contributed by atoms with van der Waals surface area (Å²) in [6.07, 6.45) is -6.27. The average Bonchev–Trinajstić information content (AvgIpc) is 2.62. The van der Waals surface area contributed by atoms with Crippen LogP contribution in [0.4, 0.5) is 17.6 Å². The van der Waals surface area contributed by atoms with Crippen molar-refractivity contribution in [2.45, 2.75) is 18.6 Å². The fourth-order valence-corrected chi connectivity index (χ4v) is 2.72. The number of para-hydroxylation sites is 1. The molecule has 2 aromatic carbocycles. The van der Waals surface area contributed by atoms with Gasteiger partial charge in [0.05, 0.1) is 6.61 Å². The smallest absolute Gasteiger partial charge is 0.476 e. The molecule has 2 aromatic rings. The van der Waals surface area contributed by atoms with Crippen LogP contribution in [-0.4, -0.2) is 32.2 Å². The Morgan fingerprint density at radius 1 is 1.08 bits per heavy atom. The first-order valence-corrected chi connectivity index (χ1v) is 8.02. The van der Waals surface area contributed by atoms with Gasteiger partial charge in [0.2, 0.25) is 0 Å². The van der Waals surface area contributed by atoms with E-state index in [4.69, 9.17) is 9.47 Å². The van der Waals surface area contributed by atoms with Crippen LogP contribution in [0.5, 0.6) is 11.5 Å². The lowest BCUT2D eigenvalue weighted by molar-refractivity contribution is -0.275. The molecule has 0 bridgehead atoms. The van der Waals surface area contributed by atoms with Gasteiger partial charge < -0.3 is 19.5 Å². The van der Waals surface area contributed by atoms with Gasteiger partial charge in [-0.15, -0.1) is 13.2 Å². The summed E-state index contributed by atoms with van der Waals surface area (Å²) in [5, 5.41) is 3.13. The largest absolute Gasteiger partial charge is 0.573 e. The Hall–Kier alpha value is -2.32. The first-order chi connectivity index (χ1) is 12.4. The molecule has 3 rings (SSSR count). The van der Waals surface area contributed by atoms with Gasteiger partial charge in [-0.3, -0.25) is 0 Å². The zero-order valence-corrected chi connectivity index (χ0v) is 13.6. The zero-order valence-electron chi connectivity index (χ0n) is 13.6. The predicted octanol–water partition coefficient (Wildman–Crippen LogP) is 3.83. The molecule has 0 saturated carbocycles. The van der Waals surface area contributed by atoms with Crippen LogP contribution in [0.2, 0.25) is 0 Å². The molecular formula is C18H17F4NO3. The number of hydrogen-bond donors (Lipinski definition) is 1. The highest BCUT2D eigenvalue weighted by atomic mass is 19.4. The molecule has 1 N–H and O–H groups in total. The van der Waals surface area contributed by atoms with Crippen LogP contribution < -0.4 is 14.8 Å². The minimum absolute atomic E-state index is 0.417. The quantitative estimate of drug-likeness (QED) is 0.811. The molecule has 1 aliphatic rings. The summed E-state index contributed by atoms with van der Waals surface area (Å²) in [6.45, 7) is 1.49. The van der Waals surface area contributed by atoms with Crippen molar-refractivity contribution in [2.24, 2.45) is 0 Å². The molecule has 1 aliphatic heterocycles. The van der Waals surface area contributed by atoms with Gasteiger partial charge in [0, 0.05) is 13.1 Å². The summed E-state index contributed by atoms with van der Waals surface area (Å²) in [5.74, 6) is -2.29.